The molecule has 4 heteroatoms. The van der Waals surface area contributed by atoms with Gasteiger partial charge in [-0.1, -0.05) is 23.7 Å². The van der Waals surface area contributed by atoms with Gasteiger partial charge in [-0.3, -0.25) is 0 Å². The molecule has 0 bridgehead atoms. The van der Waals surface area contributed by atoms with Crippen LogP contribution < -0.4 is 5.32 Å². The molecule has 1 fully saturated rings. The summed E-state index contributed by atoms with van der Waals surface area (Å²) in [6.07, 6.45) is 2.14. The molecule has 1 aromatic carbocycles. The van der Waals surface area contributed by atoms with Crippen LogP contribution >= 0.6 is 23.6 Å². The summed E-state index contributed by atoms with van der Waals surface area (Å²) in [5, 5.41) is 4.36. The molecule has 0 aliphatic carbocycles. The third-order valence-corrected chi connectivity index (χ3v) is 3.74. The second kappa shape index (κ2) is 6.50. The molecule has 1 aromatic rings. The molecule has 0 saturated carbocycles. The van der Waals surface area contributed by atoms with Gasteiger partial charge in [-0.05, 0) is 49.1 Å². The maximum atomic E-state index is 5.93. The van der Waals surface area contributed by atoms with E-state index in [1.165, 1.54) is 5.56 Å². The average Bonchev–Trinajstić information content (AvgIpc) is 2.30. The van der Waals surface area contributed by atoms with Crippen LogP contribution in [0, 0.1) is 0 Å². The van der Waals surface area contributed by atoms with Crippen LogP contribution in [0.4, 0.5) is 0 Å². The van der Waals surface area contributed by atoms with E-state index < -0.39 is 0 Å². The first-order chi connectivity index (χ1) is 7.84. The smallest absolute Gasteiger partial charge is 0.0629 e. The molecule has 0 aromatic heterocycles. The molecule has 1 aliphatic rings. The fraction of sp³-hybridized carbons (Fsp3) is 0.500. The Kier molecular flexibility index (Phi) is 4.97. The summed E-state index contributed by atoms with van der Waals surface area (Å²) < 4.78 is 5.24. The molecule has 88 valence electrons. The van der Waals surface area contributed by atoms with Gasteiger partial charge in [0.05, 0.1) is 6.61 Å². The van der Waals surface area contributed by atoms with Gasteiger partial charge >= 0.3 is 0 Å². The van der Waals surface area contributed by atoms with Gasteiger partial charge in [0.25, 0.3) is 0 Å². The van der Waals surface area contributed by atoms with Crippen LogP contribution in [-0.4, -0.2) is 24.9 Å². The van der Waals surface area contributed by atoms with Gasteiger partial charge in [-0.25, -0.2) is 0 Å². The van der Waals surface area contributed by atoms with Crippen LogP contribution in [0.25, 0.3) is 0 Å². The van der Waals surface area contributed by atoms with E-state index in [0.29, 0.717) is 6.04 Å². The normalized spacial score (nSPS) is 20.9. The molecule has 2 nitrogen and oxygen atoms in total. The van der Waals surface area contributed by atoms with E-state index in [4.69, 9.17) is 15.8 Å². The largest absolute Gasteiger partial charge is 0.315 e. The predicted molar refractivity (Wildman–Crippen MR) is 70.0 cm³/mol. The molecule has 0 spiro atoms. The van der Waals surface area contributed by atoms with Crippen molar-refractivity contribution in [2.45, 2.75) is 18.9 Å². The van der Waals surface area contributed by atoms with Crippen LogP contribution in [0.2, 0.25) is 5.02 Å². The monoisotopic (exact) mass is 257 g/mol. The van der Waals surface area contributed by atoms with Gasteiger partial charge < -0.3 is 9.50 Å². The van der Waals surface area contributed by atoms with Crippen molar-refractivity contribution in [2.24, 2.45) is 0 Å². The first-order valence-electron chi connectivity index (χ1n) is 5.57. The highest BCUT2D eigenvalue weighted by Gasteiger charge is 2.13. The Morgan fingerprint density at radius 1 is 1.50 bits per heavy atom. The third-order valence-electron chi connectivity index (χ3n) is 2.64. The molecule has 16 heavy (non-hydrogen) atoms. The van der Waals surface area contributed by atoms with Gasteiger partial charge in [0.2, 0.25) is 0 Å². The zero-order valence-corrected chi connectivity index (χ0v) is 10.7. The number of hydrogen-bond donors (Lipinski definition) is 1. The maximum Gasteiger partial charge on any atom is 0.0629 e. The van der Waals surface area contributed by atoms with Crippen molar-refractivity contribution in [1.82, 2.24) is 5.32 Å². The summed E-state index contributed by atoms with van der Waals surface area (Å²) in [6, 6.07) is 8.65. The highest BCUT2D eigenvalue weighted by molar-refractivity contribution is 7.94. The minimum absolute atomic E-state index is 0.595. The first-order valence-corrected chi connectivity index (χ1v) is 6.86. The Morgan fingerprint density at radius 3 is 3.19 bits per heavy atom. The molecule has 1 atom stereocenters. The van der Waals surface area contributed by atoms with Gasteiger partial charge in [-0.2, -0.15) is 0 Å². The third kappa shape index (κ3) is 3.98. The van der Waals surface area contributed by atoms with Crippen molar-refractivity contribution in [2.75, 3.05) is 18.9 Å². The fourth-order valence-corrected chi connectivity index (χ4v) is 2.71. The zero-order chi connectivity index (χ0) is 11.2. The Bertz CT molecular complexity index is 329. The lowest BCUT2D eigenvalue weighted by molar-refractivity contribution is 0.312. The number of halogens is 1. The Balaban J connectivity index is 1.71. The van der Waals surface area contributed by atoms with Gasteiger partial charge in [0.1, 0.15) is 0 Å². The summed E-state index contributed by atoms with van der Waals surface area (Å²) in [4.78, 5) is 0. The summed E-state index contributed by atoms with van der Waals surface area (Å²) in [7, 11) is 0. The lowest BCUT2D eigenvalue weighted by Gasteiger charge is -2.22. The van der Waals surface area contributed by atoms with Crippen molar-refractivity contribution in [3.63, 3.8) is 0 Å². The topological polar surface area (TPSA) is 21.3 Å². The van der Waals surface area contributed by atoms with Crippen LogP contribution in [-0.2, 0) is 10.6 Å². The van der Waals surface area contributed by atoms with E-state index >= 15 is 0 Å². The number of rotatable bonds is 4. The zero-order valence-electron chi connectivity index (χ0n) is 9.12. The quantitative estimate of drug-likeness (QED) is 0.838. The first kappa shape index (κ1) is 12.2. The highest BCUT2D eigenvalue weighted by atomic mass is 35.5. The minimum Gasteiger partial charge on any atom is -0.315 e. The molecule has 1 N–H and O–H groups in total. The highest BCUT2D eigenvalue weighted by Crippen LogP contribution is 2.15. The van der Waals surface area contributed by atoms with E-state index in [1.54, 1.807) is 12.0 Å². The molecule has 2 rings (SSSR count). The van der Waals surface area contributed by atoms with E-state index in [-0.39, 0.29) is 0 Å². The SMILES string of the molecule is Clc1cccc(CCNC2CCOSC2)c1. The van der Waals surface area contributed by atoms with Crippen molar-refractivity contribution in [1.29, 1.82) is 0 Å². The lowest BCUT2D eigenvalue weighted by Crippen LogP contribution is -2.36. The molecule has 0 radical (unpaired) electrons. The van der Waals surface area contributed by atoms with Gasteiger partial charge in [-0.15, -0.1) is 0 Å². The Morgan fingerprint density at radius 2 is 2.44 bits per heavy atom. The van der Waals surface area contributed by atoms with Gasteiger partial charge in [0, 0.05) is 16.8 Å². The molecular weight excluding hydrogens is 242 g/mol. The average molecular weight is 258 g/mol. The molecule has 1 aliphatic heterocycles. The minimum atomic E-state index is 0.595. The summed E-state index contributed by atoms with van der Waals surface area (Å²) in [5.41, 5.74) is 1.29. The van der Waals surface area contributed by atoms with Gasteiger partial charge in [0.15, 0.2) is 0 Å². The predicted octanol–water partition coefficient (Wildman–Crippen LogP) is 2.91. The summed E-state index contributed by atoms with van der Waals surface area (Å²) in [6.45, 7) is 1.87. The Hall–Kier alpha value is -0.220. The van der Waals surface area contributed by atoms with E-state index in [9.17, 15) is 0 Å². The molecule has 1 saturated heterocycles. The van der Waals surface area contributed by atoms with Crippen molar-refractivity contribution < 1.29 is 4.18 Å². The molecule has 1 heterocycles. The van der Waals surface area contributed by atoms with E-state index in [0.717, 1.165) is 36.8 Å². The van der Waals surface area contributed by atoms with Crippen LogP contribution in [0.1, 0.15) is 12.0 Å². The maximum absolute atomic E-state index is 5.93. The molecule has 1 unspecified atom stereocenters. The Labute approximate surface area is 106 Å². The van der Waals surface area contributed by atoms with Crippen LogP contribution in [0.5, 0.6) is 0 Å². The second-order valence-corrected chi connectivity index (χ2v) is 5.17. The number of hydrogen-bond acceptors (Lipinski definition) is 3. The molecular formula is C12H16ClNOS. The summed E-state index contributed by atoms with van der Waals surface area (Å²) in [5.74, 6) is 1.05. The van der Waals surface area contributed by atoms with E-state index in [1.807, 2.05) is 18.2 Å². The lowest BCUT2D eigenvalue weighted by atomic mass is 10.1. The van der Waals surface area contributed by atoms with Crippen LogP contribution in [0.3, 0.4) is 0 Å². The fourth-order valence-electron chi connectivity index (χ4n) is 1.74. The van der Waals surface area contributed by atoms with Crippen molar-refractivity contribution in [3.8, 4) is 0 Å². The van der Waals surface area contributed by atoms with Crippen molar-refractivity contribution in [3.05, 3.63) is 34.9 Å². The molecule has 0 amide bonds. The van der Waals surface area contributed by atoms with Crippen LogP contribution in [0.15, 0.2) is 24.3 Å². The number of benzene rings is 1. The standard InChI is InChI=1S/C12H16ClNOS/c13-11-3-1-2-10(8-11)4-6-14-12-5-7-15-16-9-12/h1-3,8,12,14H,4-7,9H2. The number of nitrogens with one attached hydrogen (secondary N) is 1. The van der Waals surface area contributed by atoms with Crippen molar-refractivity contribution >= 4 is 23.6 Å². The summed E-state index contributed by atoms with van der Waals surface area (Å²) >= 11 is 7.50. The van der Waals surface area contributed by atoms with E-state index in [2.05, 4.69) is 11.4 Å². The second-order valence-electron chi connectivity index (χ2n) is 3.93.